The summed E-state index contributed by atoms with van der Waals surface area (Å²) in [6, 6.07) is 0. The maximum absolute atomic E-state index is 11.5. The molecule has 5 heteroatoms. The Morgan fingerprint density at radius 3 is 2.71 bits per heavy atom. The van der Waals surface area contributed by atoms with Gasteiger partial charge in [-0.05, 0) is 6.92 Å². The highest BCUT2D eigenvalue weighted by molar-refractivity contribution is 6.08. The minimum absolute atomic E-state index is 0.143. The highest BCUT2D eigenvalue weighted by atomic mass is 16.2. The summed E-state index contributed by atoms with van der Waals surface area (Å²) in [6.45, 7) is 1.69. The van der Waals surface area contributed by atoms with E-state index in [4.69, 9.17) is 0 Å². The molecule has 1 aliphatic heterocycles. The monoisotopic (exact) mass is 191 g/mol. The molecule has 0 aliphatic carbocycles. The first kappa shape index (κ1) is 8.80. The molecule has 14 heavy (non-hydrogen) atoms. The molecule has 1 unspecified atom stereocenters. The number of carbonyl (C=O) groups excluding carboxylic acids is 2. The van der Waals surface area contributed by atoms with Crippen molar-refractivity contribution in [3.63, 3.8) is 0 Å². The van der Waals surface area contributed by atoms with Crippen LogP contribution in [-0.2, 0) is 15.0 Å². The molecule has 1 atom stereocenters. The molecule has 1 aliphatic rings. The van der Waals surface area contributed by atoms with Gasteiger partial charge in [-0.1, -0.05) is 0 Å². The second kappa shape index (κ2) is 2.87. The second-order valence-electron chi connectivity index (χ2n) is 3.48. The average Bonchev–Trinajstić information content (AvgIpc) is 2.43. The lowest BCUT2D eigenvalue weighted by Crippen LogP contribution is -2.33. The van der Waals surface area contributed by atoms with E-state index in [-0.39, 0.29) is 18.2 Å². The topological polar surface area (TPSA) is 72.0 Å². The van der Waals surface area contributed by atoms with Gasteiger partial charge in [0.1, 0.15) is 0 Å². The predicted molar refractivity (Wildman–Crippen MR) is 47.2 cm³/mol. The molecule has 1 saturated heterocycles. The zero-order valence-corrected chi connectivity index (χ0v) is 7.65. The van der Waals surface area contributed by atoms with Crippen LogP contribution >= 0.6 is 0 Å². The van der Waals surface area contributed by atoms with E-state index in [1.807, 2.05) is 0 Å². The van der Waals surface area contributed by atoms with E-state index in [9.17, 15) is 9.59 Å². The van der Waals surface area contributed by atoms with Crippen molar-refractivity contribution in [3.8, 4) is 0 Å². The van der Waals surface area contributed by atoms with Crippen molar-refractivity contribution < 1.29 is 9.59 Å². The number of hydrogen-bond donors (Lipinski definition) is 1. The Morgan fingerprint density at radius 2 is 2.21 bits per heavy atom. The van der Waals surface area contributed by atoms with Gasteiger partial charge in [-0.25, -0.2) is 0 Å². The van der Waals surface area contributed by atoms with Gasteiger partial charge in [-0.15, -0.1) is 0 Å². The zero-order chi connectivity index (χ0) is 10.2. The van der Waals surface area contributed by atoms with Crippen molar-refractivity contribution >= 4 is 11.8 Å². The molecule has 0 spiro atoms. The summed E-state index contributed by atoms with van der Waals surface area (Å²) in [5.41, 5.74) is -0.325. The molecule has 0 bridgehead atoms. The molecule has 72 valence electrons. The second-order valence-corrected chi connectivity index (χ2v) is 3.48. The van der Waals surface area contributed by atoms with Gasteiger partial charge in [0.2, 0.25) is 11.8 Å². The van der Waals surface area contributed by atoms with Crippen LogP contribution in [0.2, 0.25) is 0 Å². The molecular weight excluding hydrogens is 182 g/mol. The van der Waals surface area contributed by atoms with Gasteiger partial charge in [0.05, 0.1) is 11.1 Å². The number of imide groups is 1. The molecule has 1 fully saturated rings. The van der Waals surface area contributed by atoms with E-state index in [1.54, 1.807) is 6.92 Å². The summed E-state index contributed by atoms with van der Waals surface area (Å²) >= 11 is 0. The van der Waals surface area contributed by atoms with Gasteiger partial charge in [0.15, 0.2) is 0 Å². The molecule has 2 rings (SSSR count). The van der Waals surface area contributed by atoms with Crippen LogP contribution in [0.5, 0.6) is 0 Å². The third-order valence-corrected chi connectivity index (χ3v) is 2.40. The average molecular weight is 191 g/mol. The molecule has 2 amide bonds. The lowest BCUT2D eigenvalue weighted by atomic mass is 9.85. The number of amides is 2. The first-order valence-electron chi connectivity index (χ1n) is 4.24. The molecule has 1 N–H and O–H groups in total. The summed E-state index contributed by atoms with van der Waals surface area (Å²) in [5, 5.41) is 2.26. The van der Waals surface area contributed by atoms with E-state index in [2.05, 4.69) is 15.3 Å². The normalized spacial score (nSPS) is 26.4. The lowest BCUT2D eigenvalue weighted by Gasteiger charge is -2.17. The van der Waals surface area contributed by atoms with Crippen LogP contribution in [-0.4, -0.2) is 21.8 Å². The van der Waals surface area contributed by atoms with E-state index in [0.717, 1.165) is 0 Å². The van der Waals surface area contributed by atoms with Gasteiger partial charge < -0.3 is 0 Å². The van der Waals surface area contributed by atoms with Crippen molar-refractivity contribution in [2.24, 2.45) is 0 Å². The third kappa shape index (κ3) is 1.17. The van der Waals surface area contributed by atoms with Crippen molar-refractivity contribution in [2.45, 2.75) is 18.8 Å². The summed E-state index contributed by atoms with van der Waals surface area (Å²) in [5.74, 6) is -0.564. The Bertz CT molecular complexity index is 390. The molecule has 1 aromatic heterocycles. The largest absolute Gasteiger partial charge is 0.296 e. The van der Waals surface area contributed by atoms with Gasteiger partial charge >= 0.3 is 0 Å². The number of nitrogens with zero attached hydrogens (tertiary/aromatic N) is 2. The summed E-state index contributed by atoms with van der Waals surface area (Å²) in [4.78, 5) is 30.5. The van der Waals surface area contributed by atoms with Gasteiger partial charge in [0.25, 0.3) is 0 Å². The lowest BCUT2D eigenvalue weighted by molar-refractivity contribution is -0.126. The molecule has 0 saturated carbocycles. The Hall–Kier alpha value is -1.78. The number of aromatic nitrogens is 2. The predicted octanol–water partition coefficient (Wildman–Crippen LogP) is -0.219. The number of carbonyl (C=O) groups is 2. The fourth-order valence-corrected chi connectivity index (χ4v) is 1.50. The minimum Gasteiger partial charge on any atom is -0.296 e. The Labute approximate surface area is 80.6 Å². The fourth-order valence-electron chi connectivity index (χ4n) is 1.50. The Balaban J connectivity index is 2.43. The number of rotatable bonds is 1. The zero-order valence-electron chi connectivity index (χ0n) is 7.65. The first-order chi connectivity index (χ1) is 6.63. The highest BCUT2D eigenvalue weighted by Crippen LogP contribution is 2.29. The molecule has 5 nitrogen and oxygen atoms in total. The van der Waals surface area contributed by atoms with Crippen molar-refractivity contribution in [1.82, 2.24) is 15.3 Å². The van der Waals surface area contributed by atoms with E-state index in [0.29, 0.717) is 5.69 Å². The molecule has 1 aromatic rings. The Kier molecular flexibility index (Phi) is 1.80. The summed E-state index contributed by atoms with van der Waals surface area (Å²) in [7, 11) is 0. The van der Waals surface area contributed by atoms with E-state index in [1.165, 1.54) is 18.6 Å². The standard InChI is InChI=1S/C9H9N3O2/c1-9(4-7(13)12-8(9)14)6-5-10-2-3-11-6/h2-3,5H,4H2,1H3,(H,12,13,14). The first-order valence-corrected chi connectivity index (χ1v) is 4.24. The van der Waals surface area contributed by atoms with Crippen molar-refractivity contribution in [2.75, 3.05) is 0 Å². The van der Waals surface area contributed by atoms with Crippen LogP contribution in [0.25, 0.3) is 0 Å². The van der Waals surface area contributed by atoms with Gasteiger partial charge in [-0.2, -0.15) is 0 Å². The molecule has 0 radical (unpaired) electrons. The maximum Gasteiger partial charge on any atom is 0.239 e. The Morgan fingerprint density at radius 1 is 1.43 bits per heavy atom. The fraction of sp³-hybridized carbons (Fsp3) is 0.333. The highest BCUT2D eigenvalue weighted by Gasteiger charge is 2.45. The molecule has 0 aromatic carbocycles. The van der Waals surface area contributed by atoms with Crippen LogP contribution in [0.1, 0.15) is 19.0 Å². The van der Waals surface area contributed by atoms with Crippen LogP contribution in [0.3, 0.4) is 0 Å². The van der Waals surface area contributed by atoms with E-state index < -0.39 is 5.41 Å². The molecule has 2 heterocycles. The van der Waals surface area contributed by atoms with Crippen LogP contribution in [0, 0.1) is 0 Å². The van der Waals surface area contributed by atoms with Gasteiger partial charge in [0, 0.05) is 25.0 Å². The van der Waals surface area contributed by atoms with Gasteiger partial charge in [-0.3, -0.25) is 24.9 Å². The van der Waals surface area contributed by atoms with Crippen LogP contribution in [0.4, 0.5) is 0 Å². The van der Waals surface area contributed by atoms with Crippen LogP contribution < -0.4 is 5.32 Å². The van der Waals surface area contributed by atoms with Crippen molar-refractivity contribution in [1.29, 1.82) is 0 Å². The van der Waals surface area contributed by atoms with E-state index >= 15 is 0 Å². The van der Waals surface area contributed by atoms with Crippen LogP contribution in [0.15, 0.2) is 18.6 Å². The summed E-state index contributed by atoms with van der Waals surface area (Å²) < 4.78 is 0. The summed E-state index contributed by atoms with van der Waals surface area (Å²) in [6.07, 6.45) is 4.70. The SMILES string of the molecule is CC1(c2cnccn2)CC(=O)NC1=O. The molecular formula is C9H9N3O2. The van der Waals surface area contributed by atoms with Crippen molar-refractivity contribution in [3.05, 3.63) is 24.3 Å². The number of nitrogens with one attached hydrogen (secondary N) is 1. The minimum atomic E-state index is -0.856. The smallest absolute Gasteiger partial charge is 0.239 e. The quantitative estimate of drug-likeness (QED) is 0.623. The third-order valence-electron chi connectivity index (χ3n) is 2.40. The number of hydrogen-bond acceptors (Lipinski definition) is 4. The maximum atomic E-state index is 11.5.